The summed E-state index contributed by atoms with van der Waals surface area (Å²) in [6.45, 7) is 0.561. The second-order valence-corrected chi connectivity index (χ2v) is 5.86. The third-order valence-corrected chi connectivity index (χ3v) is 3.82. The number of rotatable bonds is 7. The van der Waals surface area contributed by atoms with Gasteiger partial charge in [-0.15, -0.1) is 0 Å². The molecule has 0 aliphatic rings. The number of hydrogen-bond donors (Lipinski definition) is 1. The summed E-state index contributed by atoms with van der Waals surface area (Å²) in [6.07, 6.45) is 4.42. The molecule has 0 aromatic heterocycles. The molecule has 3 nitrogen and oxygen atoms in total. The maximum Gasteiger partial charge on any atom is 0.261 e. The van der Waals surface area contributed by atoms with Gasteiger partial charge in [0.1, 0.15) is 11.6 Å². The topological polar surface area (TPSA) is 52.9 Å². The van der Waals surface area contributed by atoms with Gasteiger partial charge in [0, 0.05) is 11.6 Å². The van der Waals surface area contributed by atoms with E-state index in [4.69, 9.17) is 16.9 Å². The summed E-state index contributed by atoms with van der Waals surface area (Å²) in [7, 11) is 0. The summed E-state index contributed by atoms with van der Waals surface area (Å²) in [5.74, 6) is -0.341. The zero-order valence-corrected chi connectivity index (χ0v) is 14.1. The molecular weight excluding hydrogens is 320 g/mol. The van der Waals surface area contributed by atoms with Crippen molar-refractivity contribution in [1.29, 1.82) is 5.26 Å². The third-order valence-electron chi connectivity index (χ3n) is 3.57. The quantitative estimate of drug-likeness (QED) is 0.462. The van der Waals surface area contributed by atoms with Crippen LogP contribution in [0.4, 0.5) is 0 Å². The molecule has 0 saturated heterocycles. The zero-order valence-electron chi connectivity index (χ0n) is 13.3. The highest BCUT2D eigenvalue weighted by atomic mass is 35.5. The Bertz CT molecular complexity index is 730. The number of benzene rings is 2. The fraction of sp³-hybridized carbons (Fsp3) is 0.200. The summed E-state index contributed by atoms with van der Waals surface area (Å²) < 4.78 is 0. The van der Waals surface area contributed by atoms with Gasteiger partial charge >= 0.3 is 0 Å². The van der Waals surface area contributed by atoms with E-state index in [9.17, 15) is 4.79 Å². The second kappa shape index (κ2) is 9.54. The number of aryl methyl sites for hydroxylation is 1. The highest BCUT2D eigenvalue weighted by Crippen LogP contribution is 2.12. The van der Waals surface area contributed by atoms with Gasteiger partial charge in [-0.25, -0.2) is 0 Å². The molecule has 2 rings (SSSR count). The molecule has 2 aromatic rings. The summed E-state index contributed by atoms with van der Waals surface area (Å²) in [6, 6.07) is 19.2. The first-order chi connectivity index (χ1) is 11.7. The number of nitrogens with one attached hydrogen (secondary N) is 1. The molecule has 0 bridgehead atoms. The third kappa shape index (κ3) is 5.91. The van der Waals surface area contributed by atoms with Crippen molar-refractivity contribution < 1.29 is 4.79 Å². The molecule has 0 fully saturated rings. The predicted octanol–water partition coefficient (Wildman–Crippen LogP) is 4.39. The van der Waals surface area contributed by atoms with Crippen LogP contribution < -0.4 is 5.32 Å². The Kier molecular flexibility index (Phi) is 7.07. The Morgan fingerprint density at radius 3 is 2.46 bits per heavy atom. The minimum Gasteiger partial charge on any atom is -0.351 e. The molecule has 24 heavy (non-hydrogen) atoms. The largest absolute Gasteiger partial charge is 0.351 e. The maximum absolute atomic E-state index is 12.1. The molecule has 0 atom stereocenters. The lowest BCUT2D eigenvalue weighted by Crippen LogP contribution is -2.25. The van der Waals surface area contributed by atoms with Gasteiger partial charge in [0.2, 0.25) is 0 Å². The van der Waals surface area contributed by atoms with Gasteiger partial charge in [0.15, 0.2) is 0 Å². The van der Waals surface area contributed by atoms with Crippen LogP contribution in [-0.2, 0) is 11.2 Å². The Hall–Kier alpha value is -2.57. The lowest BCUT2D eigenvalue weighted by molar-refractivity contribution is -0.117. The van der Waals surface area contributed by atoms with Crippen molar-refractivity contribution in [3.8, 4) is 6.07 Å². The van der Waals surface area contributed by atoms with Crippen LogP contribution in [0.5, 0.6) is 0 Å². The smallest absolute Gasteiger partial charge is 0.261 e. The van der Waals surface area contributed by atoms with E-state index in [-0.39, 0.29) is 11.5 Å². The SMILES string of the molecule is N#C/C(=C\c1ccc(Cl)cc1)C(=O)NCCCCc1ccccc1. The fourth-order valence-corrected chi connectivity index (χ4v) is 2.40. The first-order valence-electron chi connectivity index (χ1n) is 7.88. The van der Waals surface area contributed by atoms with E-state index >= 15 is 0 Å². The van der Waals surface area contributed by atoms with Crippen LogP contribution in [0.2, 0.25) is 5.02 Å². The molecule has 0 spiro atoms. The van der Waals surface area contributed by atoms with Crippen LogP contribution >= 0.6 is 11.6 Å². The van der Waals surface area contributed by atoms with Crippen molar-refractivity contribution in [2.45, 2.75) is 19.3 Å². The number of carbonyl (C=O) groups is 1. The summed E-state index contributed by atoms with van der Waals surface area (Å²) in [5, 5.41) is 12.6. The van der Waals surface area contributed by atoms with Crippen LogP contribution in [0, 0.1) is 11.3 Å². The lowest BCUT2D eigenvalue weighted by Gasteiger charge is -2.05. The van der Waals surface area contributed by atoms with Gasteiger partial charge in [-0.1, -0.05) is 54.1 Å². The number of carbonyl (C=O) groups excluding carboxylic acids is 1. The fourth-order valence-electron chi connectivity index (χ4n) is 2.27. The zero-order chi connectivity index (χ0) is 17.2. The highest BCUT2D eigenvalue weighted by Gasteiger charge is 2.08. The van der Waals surface area contributed by atoms with Gasteiger partial charge in [0.25, 0.3) is 5.91 Å². The summed E-state index contributed by atoms with van der Waals surface area (Å²) in [5.41, 5.74) is 2.17. The lowest BCUT2D eigenvalue weighted by atomic mass is 10.1. The molecule has 0 radical (unpaired) electrons. The highest BCUT2D eigenvalue weighted by molar-refractivity contribution is 6.30. The van der Waals surface area contributed by atoms with Gasteiger partial charge in [0.05, 0.1) is 0 Å². The first kappa shape index (κ1) is 17.8. The van der Waals surface area contributed by atoms with E-state index in [1.54, 1.807) is 30.3 Å². The molecule has 2 aromatic carbocycles. The van der Waals surface area contributed by atoms with Gasteiger partial charge in [-0.05, 0) is 48.6 Å². The normalized spacial score (nSPS) is 10.9. The molecule has 0 unspecified atom stereocenters. The molecule has 0 aliphatic heterocycles. The number of unbranched alkanes of at least 4 members (excludes halogenated alkanes) is 1. The van der Waals surface area contributed by atoms with E-state index in [1.165, 1.54) is 5.56 Å². The second-order valence-electron chi connectivity index (χ2n) is 5.42. The Labute approximate surface area is 147 Å². The van der Waals surface area contributed by atoms with Crippen LogP contribution in [0.25, 0.3) is 6.08 Å². The minimum atomic E-state index is -0.341. The van der Waals surface area contributed by atoms with Crippen molar-refractivity contribution in [3.05, 3.63) is 76.3 Å². The molecule has 0 saturated carbocycles. The van der Waals surface area contributed by atoms with E-state index in [0.29, 0.717) is 11.6 Å². The minimum absolute atomic E-state index is 0.0976. The predicted molar refractivity (Wildman–Crippen MR) is 97.4 cm³/mol. The molecule has 122 valence electrons. The van der Waals surface area contributed by atoms with Crippen LogP contribution in [0.15, 0.2) is 60.2 Å². The van der Waals surface area contributed by atoms with Gasteiger partial charge < -0.3 is 5.32 Å². The molecule has 1 amide bonds. The number of amides is 1. The number of nitriles is 1. The number of nitrogens with zero attached hydrogens (tertiary/aromatic N) is 1. The van der Waals surface area contributed by atoms with Crippen molar-refractivity contribution >= 4 is 23.6 Å². The van der Waals surface area contributed by atoms with Crippen LogP contribution in [0.3, 0.4) is 0 Å². The standard InChI is InChI=1S/C20H19ClN2O/c21-19-11-9-17(10-12-19)14-18(15-22)20(24)23-13-5-4-8-16-6-2-1-3-7-16/h1-3,6-7,9-12,14H,4-5,8,13H2,(H,23,24)/b18-14+. The van der Waals surface area contributed by atoms with Crippen molar-refractivity contribution in [2.24, 2.45) is 0 Å². The summed E-state index contributed by atoms with van der Waals surface area (Å²) in [4.78, 5) is 12.1. The molecule has 0 aliphatic carbocycles. The molecule has 0 heterocycles. The van der Waals surface area contributed by atoms with Crippen molar-refractivity contribution in [3.63, 3.8) is 0 Å². The monoisotopic (exact) mass is 338 g/mol. The van der Waals surface area contributed by atoms with E-state index in [2.05, 4.69) is 17.4 Å². The van der Waals surface area contributed by atoms with Gasteiger partial charge in [-0.3, -0.25) is 4.79 Å². The Morgan fingerprint density at radius 2 is 1.79 bits per heavy atom. The summed E-state index contributed by atoms with van der Waals surface area (Å²) >= 11 is 5.82. The maximum atomic E-state index is 12.1. The molecular formula is C20H19ClN2O. The molecule has 4 heteroatoms. The average molecular weight is 339 g/mol. The van der Waals surface area contributed by atoms with E-state index in [1.807, 2.05) is 24.3 Å². The van der Waals surface area contributed by atoms with Gasteiger partial charge in [-0.2, -0.15) is 5.26 Å². The van der Waals surface area contributed by atoms with E-state index < -0.39 is 0 Å². The average Bonchev–Trinajstić information content (AvgIpc) is 2.61. The Balaban J connectivity index is 1.78. The van der Waals surface area contributed by atoms with Crippen molar-refractivity contribution in [2.75, 3.05) is 6.54 Å². The van der Waals surface area contributed by atoms with Crippen LogP contribution in [0.1, 0.15) is 24.0 Å². The first-order valence-corrected chi connectivity index (χ1v) is 8.26. The number of halogens is 1. The molecule has 1 N–H and O–H groups in total. The number of hydrogen-bond acceptors (Lipinski definition) is 2. The Morgan fingerprint density at radius 1 is 1.08 bits per heavy atom. The van der Waals surface area contributed by atoms with E-state index in [0.717, 1.165) is 24.8 Å². The van der Waals surface area contributed by atoms with Crippen molar-refractivity contribution in [1.82, 2.24) is 5.32 Å². The van der Waals surface area contributed by atoms with Crippen LogP contribution in [-0.4, -0.2) is 12.5 Å².